The highest BCUT2D eigenvalue weighted by Gasteiger charge is 2.19. The highest BCUT2D eigenvalue weighted by atomic mass is 32.2. The molecule has 0 aliphatic heterocycles. The monoisotopic (exact) mass is 308 g/mol. The number of hydrogen-bond donors (Lipinski definition) is 1. The van der Waals surface area contributed by atoms with Gasteiger partial charge in [-0.25, -0.2) is 4.79 Å². The molecule has 0 aliphatic carbocycles. The Bertz CT molecular complexity index is 682. The zero-order valence-electron chi connectivity index (χ0n) is 12.2. The van der Waals surface area contributed by atoms with Gasteiger partial charge in [-0.05, 0) is 24.5 Å². The average Bonchev–Trinajstić information content (AvgIpc) is 2.87. The van der Waals surface area contributed by atoms with Crippen LogP contribution in [-0.4, -0.2) is 41.3 Å². The number of aryl methyl sites for hydroxylation is 1. The summed E-state index contributed by atoms with van der Waals surface area (Å²) < 4.78 is 12.3. The highest BCUT2D eigenvalue weighted by Crippen LogP contribution is 2.43. The maximum Gasteiger partial charge on any atom is 0.356 e. The van der Waals surface area contributed by atoms with Gasteiger partial charge in [0.2, 0.25) is 0 Å². The quantitative estimate of drug-likeness (QED) is 0.856. The van der Waals surface area contributed by atoms with E-state index in [2.05, 4.69) is 5.10 Å². The fourth-order valence-corrected chi connectivity index (χ4v) is 2.89. The van der Waals surface area contributed by atoms with Crippen LogP contribution in [0.1, 0.15) is 10.5 Å². The second kappa shape index (κ2) is 6.09. The third-order valence-electron chi connectivity index (χ3n) is 3.08. The lowest BCUT2D eigenvalue weighted by Gasteiger charge is -2.15. The van der Waals surface area contributed by atoms with Gasteiger partial charge < -0.3 is 14.6 Å². The molecule has 0 atom stereocenters. The summed E-state index contributed by atoms with van der Waals surface area (Å²) in [7, 11) is 4.87. The summed E-state index contributed by atoms with van der Waals surface area (Å²) >= 11 is 1.50. The van der Waals surface area contributed by atoms with E-state index < -0.39 is 5.97 Å². The Hall–Kier alpha value is -2.15. The van der Waals surface area contributed by atoms with Gasteiger partial charge in [0.1, 0.15) is 0 Å². The van der Waals surface area contributed by atoms with Crippen LogP contribution in [-0.2, 0) is 7.05 Å². The van der Waals surface area contributed by atoms with Crippen LogP contribution in [0.25, 0.3) is 11.3 Å². The van der Waals surface area contributed by atoms with Crippen LogP contribution in [0.15, 0.2) is 23.1 Å². The minimum absolute atomic E-state index is 0.00865. The number of aromatic carboxylic acids is 1. The first kappa shape index (κ1) is 15.2. The summed E-state index contributed by atoms with van der Waals surface area (Å²) in [6, 6.07) is 5.21. The second-order valence-electron chi connectivity index (χ2n) is 4.23. The smallest absolute Gasteiger partial charge is 0.356 e. The Kier molecular flexibility index (Phi) is 4.42. The van der Waals surface area contributed by atoms with Crippen molar-refractivity contribution in [3.05, 3.63) is 23.9 Å². The zero-order chi connectivity index (χ0) is 15.6. The zero-order valence-corrected chi connectivity index (χ0v) is 13.0. The van der Waals surface area contributed by atoms with E-state index in [1.54, 1.807) is 38.1 Å². The average molecular weight is 308 g/mol. The van der Waals surface area contributed by atoms with E-state index >= 15 is 0 Å². The maximum atomic E-state index is 11.1. The van der Waals surface area contributed by atoms with Crippen molar-refractivity contribution in [2.75, 3.05) is 20.5 Å². The largest absolute Gasteiger partial charge is 0.493 e. The Balaban J connectivity index is 2.66. The molecular weight excluding hydrogens is 292 g/mol. The number of methoxy groups -OCH3 is 2. The molecule has 0 fully saturated rings. The van der Waals surface area contributed by atoms with E-state index in [9.17, 15) is 4.79 Å². The summed E-state index contributed by atoms with van der Waals surface area (Å²) in [5, 5.41) is 13.0. The molecule has 7 heteroatoms. The molecule has 0 saturated carbocycles. The van der Waals surface area contributed by atoms with Crippen LogP contribution < -0.4 is 9.47 Å². The van der Waals surface area contributed by atoms with Crippen LogP contribution in [0.4, 0.5) is 0 Å². The molecule has 6 nitrogen and oxygen atoms in total. The molecule has 112 valence electrons. The summed E-state index contributed by atoms with van der Waals surface area (Å²) in [5.41, 5.74) is 1.56. The molecule has 2 aromatic rings. The van der Waals surface area contributed by atoms with Crippen LogP contribution >= 0.6 is 11.8 Å². The van der Waals surface area contributed by atoms with E-state index in [0.29, 0.717) is 17.2 Å². The number of aromatic nitrogens is 2. The topological polar surface area (TPSA) is 73.6 Å². The summed E-state index contributed by atoms with van der Waals surface area (Å²) in [4.78, 5) is 11.9. The molecule has 1 aromatic carbocycles. The molecule has 1 N–H and O–H groups in total. The summed E-state index contributed by atoms with van der Waals surface area (Å²) in [5.74, 6) is 0.204. The normalized spacial score (nSPS) is 10.5. The predicted octanol–water partition coefficient (Wildman–Crippen LogP) is 2.52. The van der Waals surface area contributed by atoms with Crippen LogP contribution in [0.3, 0.4) is 0 Å². The predicted molar refractivity (Wildman–Crippen MR) is 80.5 cm³/mol. The van der Waals surface area contributed by atoms with Crippen molar-refractivity contribution in [2.45, 2.75) is 4.90 Å². The van der Waals surface area contributed by atoms with Gasteiger partial charge in [-0.2, -0.15) is 5.10 Å². The number of nitrogens with zero attached hydrogens (tertiary/aromatic N) is 2. The Morgan fingerprint density at radius 3 is 2.52 bits per heavy atom. The van der Waals surface area contributed by atoms with Crippen molar-refractivity contribution in [3.63, 3.8) is 0 Å². The number of carbonyl (C=O) groups is 1. The van der Waals surface area contributed by atoms with Gasteiger partial charge in [-0.1, -0.05) is 0 Å². The van der Waals surface area contributed by atoms with Crippen LogP contribution in [0.2, 0.25) is 0 Å². The number of carboxylic acid groups (broad SMARTS) is 1. The SMILES string of the molecule is COc1ccc(-c2cc(C(=O)O)nn2C)c(SC)c1OC. The lowest BCUT2D eigenvalue weighted by molar-refractivity contribution is 0.0689. The van der Waals surface area contributed by atoms with Crippen molar-refractivity contribution < 1.29 is 19.4 Å². The Labute approximate surface area is 126 Å². The van der Waals surface area contributed by atoms with E-state index in [4.69, 9.17) is 14.6 Å². The first-order valence-electron chi connectivity index (χ1n) is 6.10. The summed E-state index contributed by atoms with van der Waals surface area (Å²) in [6.45, 7) is 0. The number of hydrogen-bond acceptors (Lipinski definition) is 5. The molecule has 0 radical (unpaired) electrons. The molecule has 1 aromatic heterocycles. The van der Waals surface area contributed by atoms with E-state index in [1.165, 1.54) is 11.8 Å². The number of ether oxygens (including phenoxy) is 2. The van der Waals surface area contributed by atoms with Gasteiger partial charge in [0.15, 0.2) is 17.2 Å². The number of benzene rings is 1. The third kappa shape index (κ3) is 2.69. The van der Waals surface area contributed by atoms with E-state index in [-0.39, 0.29) is 5.69 Å². The van der Waals surface area contributed by atoms with Crippen molar-refractivity contribution in [3.8, 4) is 22.8 Å². The molecule has 0 aliphatic rings. The van der Waals surface area contributed by atoms with Crippen molar-refractivity contribution in [2.24, 2.45) is 7.05 Å². The third-order valence-corrected chi connectivity index (χ3v) is 3.89. The number of thioether (sulfide) groups is 1. The standard InChI is InChI=1S/C14H16N2O4S/c1-16-10(7-9(15-16)14(17)18)8-5-6-11(19-2)12(20-3)13(8)21-4/h5-7H,1-4H3,(H,17,18). The number of rotatable bonds is 5. The van der Waals surface area contributed by atoms with Gasteiger partial charge in [0.05, 0.1) is 24.8 Å². The minimum atomic E-state index is -1.05. The van der Waals surface area contributed by atoms with E-state index in [1.807, 2.05) is 12.3 Å². The van der Waals surface area contributed by atoms with Crippen molar-refractivity contribution in [1.82, 2.24) is 9.78 Å². The summed E-state index contributed by atoms with van der Waals surface area (Å²) in [6.07, 6.45) is 1.93. The minimum Gasteiger partial charge on any atom is -0.493 e. The Morgan fingerprint density at radius 2 is 2.05 bits per heavy atom. The molecule has 0 saturated heterocycles. The molecular formula is C14H16N2O4S. The van der Waals surface area contributed by atoms with Crippen molar-refractivity contribution >= 4 is 17.7 Å². The maximum absolute atomic E-state index is 11.1. The fraction of sp³-hybridized carbons (Fsp3) is 0.286. The number of carboxylic acids is 1. The van der Waals surface area contributed by atoms with Gasteiger partial charge >= 0.3 is 5.97 Å². The molecule has 1 heterocycles. The first-order chi connectivity index (χ1) is 10.0. The molecule has 0 bridgehead atoms. The molecule has 21 heavy (non-hydrogen) atoms. The van der Waals surface area contributed by atoms with Gasteiger partial charge in [-0.15, -0.1) is 11.8 Å². The van der Waals surface area contributed by atoms with Crippen LogP contribution in [0.5, 0.6) is 11.5 Å². The molecule has 0 amide bonds. The molecule has 0 spiro atoms. The van der Waals surface area contributed by atoms with Gasteiger partial charge in [-0.3, -0.25) is 4.68 Å². The molecule has 2 rings (SSSR count). The van der Waals surface area contributed by atoms with Crippen LogP contribution in [0, 0.1) is 0 Å². The Morgan fingerprint density at radius 1 is 1.33 bits per heavy atom. The van der Waals surface area contributed by atoms with Gasteiger partial charge in [0, 0.05) is 12.6 Å². The molecule has 0 unspecified atom stereocenters. The lowest BCUT2D eigenvalue weighted by Crippen LogP contribution is -2.00. The van der Waals surface area contributed by atoms with Gasteiger partial charge in [0.25, 0.3) is 0 Å². The van der Waals surface area contributed by atoms with Crippen molar-refractivity contribution in [1.29, 1.82) is 0 Å². The fourth-order valence-electron chi connectivity index (χ4n) is 2.13. The first-order valence-corrected chi connectivity index (χ1v) is 7.32. The lowest BCUT2D eigenvalue weighted by atomic mass is 10.1. The second-order valence-corrected chi connectivity index (χ2v) is 5.04. The highest BCUT2D eigenvalue weighted by molar-refractivity contribution is 7.98. The van der Waals surface area contributed by atoms with E-state index in [0.717, 1.165) is 10.5 Å².